The zero-order chi connectivity index (χ0) is 17.7. The van der Waals surface area contributed by atoms with Crippen LogP contribution in [0.2, 0.25) is 0 Å². The van der Waals surface area contributed by atoms with Gasteiger partial charge in [-0.2, -0.15) is 0 Å². The third kappa shape index (κ3) is 16.8. The van der Waals surface area contributed by atoms with E-state index in [1.165, 1.54) is 44.9 Å². The molecule has 1 amide bonds. The van der Waals surface area contributed by atoms with Gasteiger partial charge in [0.15, 0.2) is 0 Å². The van der Waals surface area contributed by atoms with Crippen molar-refractivity contribution in [3.63, 3.8) is 0 Å². The summed E-state index contributed by atoms with van der Waals surface area (Å²) >= 11 is 0. The van der Waals surface area contributed by atoms with Crippen LogP contribution in [0.25, 0.3) is 0 Å². The minimum atomic E-state index is -0.944. The van der Waals surface area contributed by atoms with E-state index in [-0.39, 0.29) is 40.9 Å². The van der Waals surface area contributed by atoms with Crippen LogP contribution in [0.1, 0.15) is 98.3 Å². The SMILES string of the molecule is CCCCCCCCCCCC(=O)N[C@@H](CC(C)(C)C)C(=O)O.[NaH]. The molecular weight excluding hydrogens is 313 g/mol. The monoisotopic (exact) mass is 351 g/mol. The van der Waals surface area contributed by atoms with Gasteiger partial charge < -0.3 is 10.4 Å². The number of carboxylic acid groups (broad SMARTS) is 1. The molecule has 0 bridgehead atoms. The topological polar surface area (TPSA) is 66.4 Å². The van der Waals surface area contributed by atoms with Gasteiger partial charge in [0.05, 0.1) is 0 Å². The van der Waals surface area contributed by atoms with Gasteiger partial charge in [-0.1, -0.05) is 79.1 Å². The van der Waals surface area contributed by atoms with E-state index in [0.717, 1.165) is 12.8 Å². The van der Waals surface area contributed by atoms with Gasteiger partial charge in [0.2, 0.25) is 5.91 Å². The van der Waals surface area contributed by atoms with Crippen molar-refractivity contribution < 1.29 is 14.7 Å². The Morgan fingerprint density at radius 2 is 1.38 bits per heavy atom. The standard InChI is InChI=1S/C19H37NO3.Na.H/c1-5-6-7-8-9-10-11-12-13-14-17(21)20-16(18(22)23)15-19(2,3)4;;/h16H,5-15H2,1-4H3,(H,20,21)(H,22,23);;/t16-;;/m0../s1. The molecule has 0 aliphatic carbocycles. The van der Waals surface area contributed by atoms with Crippen molar-refractivity contribution in [2.75, 3.05) is 0 Å². The van der Waals surface area contributed by atoms with Crippen molar-refractivity contribution in [1.82, 2.24) is 5.32 Å². The van der Waals surface area contributed by atoms with Crippen LogP contribution in [0.15, 0.2) is 0 Å². The summed E-state index contributed by atoms with van der Waals surface area (Å²) in [4.78, 5) is 23.1. The van der Waals surface area contributed by atoms with E-state index in [2.05, 4.69) is 12.2 Å². The predicted molar refractivity (Wildman–Crippen MR) is 103 cm³/mol. The van der Waals surface area contributed by atoms with Crippen LogP contribution in [-0.4, -0.2) is 52.6 Å². The van der Waals surface area contributed by atoms with Crippen LogP contribution in [0.5, 0.6) is 0 Å². The van der Waals surface area contributed by atoms with E-state index in [1.807, 2.05) is 20.8 Å². The van der Waals surface area contributed by atoms with Crippen molar-refractivity contribution in [2.24, 2.45) is 5.41 Å². The Hall–Kier alpha value is -0.0600. The quantitative estimate of drug-likeness (QED) is 0.385. The number of aliphatic carboxylic acids is 1. The molecule has 0 aliphatic rings. The number of hydrogen-bond donors (Lipinski definition) is 2. The second kappa shape index (κ2) is 15.2. The summed E-state index contributed by atoms with van der Waals surface area (Å²) in [6.07, 6.45) is 11.8. The van der Waals surface area contributed by atoms with Crippen LogP contribution >= 0.6 is 0 Å². The zero-order valence-electron chi connectivity index (χ0n) is 15.6. The molecule has 1 atom stereocenters. The number of rotatable bonds is 13. The van der Waals surface area contributed by atoms with E-state index < -0.39 is 12.0 Å². The average molecular weight is 352 g/mol. The summed E-state index contributed by atoms with van der Waals surface area (Å²) in [6.45, 7) is 8.17. The summed E-state index contributed by atoms with van der Waals surface area (Å²) < 4.78 is 0. The molecule has 4 nitrogen and oxygen atoms in total. The van der Waals surface area contributed by atoms with Crippen LogP contribution < -0.4 is 5.32 Å². The fraction of sp³-hybridized carbons (Fsp3) is 0.895. The molecule has 0 heterocycles. The Kier molecular flexibility index (Phi) is 16.6. The van der Waals surface area contributed by atoms with Crippen molar-refractivity contribution in [2.45, 2.75) is 104 Å². The maximum absolute atomic E-state index is 11.9. The summed E-state index contributed by atoms with van der Waals surface area (Å²) in [5.74, 6) is -1.08. The number of amides is 1. The van der Waals surface area contributed by atoms with Crippen molar-refractivity contribution in [3.05, 3.63) is 0 Å². The maximum atomic E-state index is 11.9. The Balaban J connectivity index is 0. The fourth-order valence-corrected chi connectivity index (χ4v) is 2.68. The van der Waals surface area contributed by atoms with E-state index in [9.17, 15) is 14.7 Å². The summed E-state index contributed by atoms with van der Waals surface area (Å²) in [7, 11) is 0. The molecule has 0 aliphatic heterocycles. The molecule has 0 spiro atoms. The first-order valence-corrected chi connectivity index (χ1v) is 9.28. The van der Waals surface area contributed by atoms with Gasteiger partial charge in [-0.15, -0.1) is 0 Å². The summed E-state index contributed by atoms with van der Waals surface area (Å²) in [5, 5.41) is 11.9. The summed E-state index contributed by atoms with van der Waals surface area (Å²) in [6, 6.07) is -0.777. The first-order chi connectivity index (χ1) is 10.8. The molecule has 0 aromatic carbocycles. The molecule has 0 unspecified atom stereocenters. The van der Waals surface area contributed by atoms with E-state index >= 15 is 0 Å². The molecule has 5 heteroatoms. The number of carboxylic acids is 1. The van der Waals surface area contributed by atoms with Gasteiger partial charge in [0, 0.05) is 6.42 Å². The van der Waals surface area contributed by atoms with Gasteiger partial charge in [0.25, 0.3) is 0 Å². The number of unbranched alkanes of at least 4 members (excludes halogenated alkanes) is 8. The molecular formula is C19H38NNaO3. The van der Waals surface area contributed by atoms with Gasteiger partial charge >= 0.3 is 35.5 Å². The van der Waals surface area contributed by atoms with E-state index in [0.29, 0.717) is 12.8 Å². The van der Waals surface area contributed by atoms with E-state index in [4.69, 9.17) is 0 Å². The van der Waals surface area contributed by atoms with Crippen molar-refractivity contribution in [1.29, 1.82) is 0 Å². The zero-order valence-corrected chi connectivity index (χ0v) is 15.6. The number of carbonyl (C=O) groups is 2. The Bertz CT molecular complexity index is 340. The fourth-order valence-electron chi connectivity index (χ4n) is 2.68. The van der Waals surface area contributed by atoms with Crippen LogP contribution in [0.4, 0.5) is 0 Å². The van der Waals surface area contributed by atoms with Gasteiger partial charge in [-0.3, -0.25) is 4.79 Å². The third-order valence-corrected chi connectivity index (χ3v) is 3.96. The van der Waals surface area contributed by atoms with Crippen LogP contribution in [0, 0.1) is 5.41 Å². The molecule has 0 aromatic rings. The molecule has 0 radical (unpaired) electrons. The molecule has 0 saturated heterocycles. The molecule has 0 aromatic heterocycles. The van der Waals surface area contributed by atoms with Crippen LogP contribution in [0.3, 0.4) is 0 Å². The second-order valence-corrected chi connectivity index (χ2v) is 7.80. The van der Waals surface area contributed by atoms with Crippen molar-refractivity contribution in [3.8, 4) is 0 Å². The Labute approximate surface area is 170 Å². The Morgan fingerprint density at radius 3 is 1.79 bits per heavy atom. The van der Waals surface area contributed by atoms with Gasteiger partial charge in [-0.05, 0) is 18.3 Å². The number of hydrogen-bond acceptors (Lipinski definition) is 2. The second-order valence-electron chi connectivity index (χ2n) is 7.80. The number of carbonyl (C=O) groups excluding carboxylic acids is 1. The van der Waals surface area contributed by atoms with Crippen molar-refractivity contribution >= 4 is 41.4 Å². The molecule has 0 fully saturated rings. The van der Waals surface area contributed by atoms with E-state index in [1.54, 1.807) is 0 Å². The van der Waals surface area contributed by atoms with Gasteiger partial charge in [-0.25, -0.2) is 4.79 Å². The summed E-state index contributed by atoms with van der Waals surface area (Å²) in [5.41, 5.74) is -0.117. The first kappa shape index (κ1) is 26.2. The molecule has 24 heavy (non-hydrogen) atoms. The molecule has 2 N–H and O–H groups in total. The molecule has 0 saturated carbocycles. The normalized spacial score (nSPS) is 12.3. The molecule has 138 valence electrons. The molecule has 0 rings (SSSR count). The Morgan fingerprint density at radius 1 is 0.917 bits per heavy atom. The van der Waals surface area contributed by atoms with Gasteiger partial charge in [0.1, 0.15) is 6.04 Å². The number of nitrogens with one attached hydrogen (secondary N) is 1. The first-order valence-electron chi connectivity index (χ1n) is 9.28. The third-order valence-electron chi connectivity index (χ3n) is 3.96. The minimum absolute atomic E-state index is 0. The van der Waals surface area contributed by atoms with Crippen LogP contribution in [-0.2, 0) is 9.59 Å². The average Bonchev–Trinajstić information content (AvgIpc) is 2.43. The predicted octanol–water partition coefficient (Wildman–Crippen LogP) is 4.26.